The summed E-state index contributed by atoms with van der Waals surface area (Å²) in [6.07, 6.45) is 0. The smallest absolute Gasteiger partial charge is 0.567 e. The molecule has 0 rings (SSSR count). The molecule has 6 heteroatoms. The summed E-state index contributed by atoms with van der Waals surface area (Å²) >= 11 is 0. The standard InChI is InChI=1S/B.K.HO3P/c;;1-4(2)3/h;;(H,1,2,3)/q;+1;. The van der Waals surface area contributed by atoms with Crippen LogP contribution < -0.4 is 56.3 Å². The molecule has 3 radical (unpaired) electrons. The molecular formula is HBKO3P+. The van der Waals surface area contributed by atoms with Crippen LogP contribution in [-0.2, 0) is 4.57 Å². The van der Waals surface area contributed by atoms with Crippen molar-refractivity contribution in [2.45, 2.75) is 0 Å². The third kappa shape index (κ3) is 43.0. The molecule has 0 aliphatic rings. The van der Waals surface area contributed by atoms with Crippen LogP contribution in [0.4, 0.5) is 0 Å². The molecule has 0 saturated carbocycles. The number of hydrogen-bond donors (Lipinski definition) is 1. The van der Waals surface area contributed by atoms with Crippen LogP contribution in [0.15, 0.2) is 0 Å². The second-order valence-corrected chi connectivity index (χ2v) is 0.714. The van der Waals surface area contributed by atoms with Crippen LogP contribution in [0.1, 0.15) is 0 Å². The first-order valence-corrected chi connectivity index (χ1v) is 1.70. The molecule has 1 unspecified atom stereocenters. The normalized spacial score (nSPS) is 7.33. The Bertz CT molecular complexity index is 33.8. The second kappa shape index (κ2) is 9.87. The van der Waals surface area contributed by atoms with E-state index in [-0.39, 0.29) is 59.8 Å². The minimum absolute atomic E-state index is 0. The Hall–Kier alpha value is 1.72. The fourth-order valence-corrected chi connectivity index (χ4v) is 0. The van der Waals surface area contributed by atoms with E-state index >= 15 is 0 Å². The van der Waals surface area contributed by atoms with Crippen LogP contribution >= 0.6 is 8.25 Å². The fraction of sp³-hybridized carbons (Fsp3) is 0. The van der Waals surface area contributed by atoms with Gasteiger partial charge >= 0.3 is 59.6 Å². The van der Waals surface area contributed by atoms with Crippen LogP contribution in [0.25, 0.3) is 0 Å². The Morgan fingerprint density at radius 1 is 1.67 bits per heavy atom. The molecule has 0 aromatic carbocycles. The van der Waals surface area contributed by atoms with Gasteiger partial charge in [-0.3, -0.25) is 0 Å². The van der Waals surface area contributed by atoms with Gasteiger partial charge < -0.3 is 4.89 Å². The van der Waals surface area contributed by atoms with E-state index in [1.807, 2.05) is 0 Å². The maximum atomic E-state index is 8.59. The van der Waals surface area contributed by atoms with Crippen molar-refractivity contribution < 1.29 is 65.7 Å². The summed E-state index contributed by atoms with van der Waals surface area (Å²) in [5.74, 6) is 0. The molecule has 0 heterocycles. The van der Waals surface area contributed by atoms with E-state index in [9.17, 15) is 0 Å². The van der Waals surface area contributed by atoms with Gasteiger partial charge in [0.25, 0.3) is 0 Å². The Morgan fingerprint density at radius 3 is 1.67 bits per heavy atom. The first kappa shape index (κ1) is 15.6. The Kier molecular flexibility index (Phi) is 25.7. The fourth-order valence-electron chi connectivity index (χ4n) is 0. The van der Waals surface area contributed by atoms with Crippen molar-refractivity contribution in [2.75, 3.05) is 0 Å². The van der Waals surface area contributed by atoms with E-state index in [2.05, 4.69) is 0 Å². The van der Waals surface area contributed by atoms with Crippen molar-refractivity contribution in [3.05, 3.63) is 0 Å². The van der Waals surface area contributed by atoms with Gasteiger partial charge in [0, 0.05) is 8.41 Å². The van der Waals surface area contributed by atoms with Crippen LogP contribution in [0.3, 0.4) is 0 Å². The maximum absolute atomic E-state index is 8.59. The molecule has 0 bridgehead atoms. The van der Waals surface area contributed by atoms with Crippen LogP contribution in [0, 0.1) is 0 Å². The molecule has 0 aromatic rings. The molecule has 0 saturated heterocycles. The monoisotopic (exact) mass is 130 g/mol. The SMILES string of the molecule is O=[P+]([O-])O.[B].[K+]. The summed E-state index contributed by atoms with van der Waals surface area (Å²) in [6.45, 7) is 0. The van der Waals surface area contributed by atoms with Crippen molar-refractivity contribution in [1.29, 1.82) is 0 Å². The van der Waals surface area contributed by atoms with Crippen molar-refractivity contribution in [3.8, 4) is 0 Å². The second-order valence-electron chi connectivity index (χ2n) is 0.238. The van der Waals surface area contributed by atoms with Crippen LogP contribution in [-0.4, -0.2) is 13.3 Å². The van der Waals surface area contributed by atoms with Gasteiger partial charge in [0.05, 0.1) is 0 Å². The van der Waals surface area contributed by atoms with Crippen molar-refractivity contribution in [3.63, 3.8) is 0 Å². The van der Waals surface area contributed by atoms with E-state index in [4.69, 9.17) is 14.4 Å². The summed E-state index contributed by atoms with van der Waals surface area (Å²) in [5.41, 5.74) is 0. The molecule has 0 aliphatic heterocycles. The van der Waals surface area contributed by atoms with Gasteiger partial charge in [-0.25, -0.2) is 0 Å². The van der Waals surface area contributed by atoms with E-state index in [1.165, 1.54) is 0 Å². The predicted octanol–water partition coefficient (Wildman–Crippen LogP) is -4.38. The molecule has 1 N–H and O–H groups in total. The van der Waals surface area contributed by atoms with Crippen molar-refractivity contribution in [1.82, 2.24) is 0 Å². The van der Waals surface area contributed by atoms with E-state index in [0.29, 0.717) is 0 Å². The summed E-state index contributed by atoms with van der Waals surface area (Å²) in [5, 5.41) is 0. The Morgan fingerprint density at radius 2 is 1.67 bits per heavy atom. The molecule has 1 atom stereocenters. The number of rotatable bonds is 0. The molecule has 0 amide bonds. The Labute approximate surface area is 81.1 Å². The zero-order valence-corrected chi connectivity index (χ0v) is 7.31. The predicted molar refractivity (Wildman–Crippen MR) is 15.6 cm³/mol. The molecule has 6 heavy (non-hydrogen) atoms. The molecule has 3 nitrogen and oxygen atoms in total. The van der Waals surface area contributed by atoms with Gasteiger partial charge in [-0.05, 0) is 4.57 Å². The van der Waals surface area contributed by atoms with Gasteiger partial charge in [0.2, 0.25) is 0 Å². The summed E-state index contributed by atoms with van der Waals surface area (Å²) in [4.78, 5) is 15.6. The molecule has 0 spiro atoms. The third-order valence-electron chi connectivity index (χ3n) is 0. The van der Waals surface area contributed by atoms with Gasteiger partial charge in [-0.15, -0.1) is 0 Å². The quantitative estimate of drug-likeness (QED) is 0.266. The van der Waals surface area contributed by atoms with Crippen LogP contribution in [0.5, 0.6) is 0 Å². The molecular weight excluding hydrogens is 129 g/mol. The Balaban J connectivity index is -0.0000000450. The zero-order valence-electron chi connectivity index (χ0n) is 3.29. The summed E-state index contributed by atoms with van der Waals surface area (Å²) in [7, 11) is -3.12. The summed E-state index contributed by atoms with van der Waals surface area (Å²) in [6, 6.07) is 0. The zero-order chi connectivity index (χ0) is 3.58. The average molecular weight is 130 g/mol. The van der Waals surface area contributed by atoms with E-state index < -0.39 is 8.25 Å². The molecule has 0 fully saturated rings. The largest absolute Gasteiger partial charge is 1.00 e. The van der Waals surface area contributed by atoms with E-state index in [0.717, 1.165) is 0 Å². The minimum atomic E-state index is -3.12. The van der Waals surface area contributed by atoms with Gasteiger partial charge in [0.15, 0.2) is 0 Å². The van der Waals surface area contributed by atoms with Gasteiger partial charge in [0.1, 0.15) is 0 Å². The molecule has 27 valence electrons. The molecule has 0 aromatic heterocycles. The molecule has 0 aliphatic carbocycles. The minimum Gasteiger partial charge on any atom is -0.567 e. The van der Waals surface area contributed by atoms with E-state index in [1.54, 1.807) is 0 Å². The van der Waals surface area contributed by atoms with Crippen molar-refractivity contribution >= 4 is 16.7 Å². The maximum Gasteiger partial charge on any atom is 1.00 e. The van der Waals surface area contributed by atoms with Crippen molar-refractivity contribution in [2.24, 2.45) is 0 Å². The van der Waals surface area contributed by atoms with Crippen LogP contribution in [0.2, 0.25) is 0 Å². The van der Waals surface area contributed by atoms with Gasteiger partial charge in [-0.1, -0.05) is 0 Å². The first-order valence-electron chi connectivity index (χ1n) is 0.565. The average Bonchev–Trinajstić information content (AvgIpc) is 0.811. The first-order chi connectivity index (χ1) is 1.73. The van der Waals surface area contributed by atoms with Gasteiger partial charge in [-0.2, -0.15) is 4.89 Å². The third-order valence-corrected chi connectivity index (χ3v) is 0. The number of hydrogen-bond acceptors (Lipinski definition) is 2. The topological polar surface area (TPSA) is 60.4 Å². The summed E-state index contributed by atoms with van der Waals surface area (Å²) < 4.78 is 8.59.